The minimum Gasteiger partial charge on any atom is -0.497 e. The third-order valence-electron chi connectivity index (χ3n) is 4.55. The topological polar surface area (TPSA) is 104 Å². The number of carboxylic acids is 1. The number of piperidine rings is 1. The van der Waals surface area contributed by atoms with Crippen LogP contribution in [0.3, 0.4) is 0 Å². The number of ether oxygens (including phenoxy) is 1. The van der Waals surface area contributed by atoms with Crippen molar-refractivity contribution in [1.29, 1.82) is 0 Å². The number of sulfonamides is 1. The van der Waals surface area contributed by atoms with Crippen molar-refractivity contribution in [3.05, 3.63) is 24.3 Å². The van der Waals surface area contributed by atoms with Crippen LogP contribution in [0.2, 0.25) is 0 Å². The molecule has 1 saturated heterocycles. The van der Waals surface area contributed by atoms with Gasteiger partial charge in [0.05, 0.1) is 18.1 Å². The number of hydrogen-bond donors (Lipinski definition) is 2. The zero-order valence-corrected chi connectivity index (χ0v) is 14.6. The van der Waals surface area contributed by atoms with E-state index in [0.717, 1.165) is 4.31 Å². The second-order valence-corrected chi connectivity index (χ2v) is 7.97. The summed E-state index contributed by atoms with van der Waals surface area (Å²) in [5, 5.41) is 19.9. The standard InChI is InChI=1S/C16H23NO6S/c1-3-8-16(15(19)20)11-17(9-7-14(16)18)24(21,22)13-6-4-5-12(10-13)23-2/h4-6,10,14,18H,3,7-9,11H2,1-2H3,(H,19,20)/t14-,16+/m1/s1. The number of carboxylic acid groups (broad SMARTS) is 1. The van der Waals surface area contributed by atoms with Crippen molar-refractivity contribution in [2.75, 3.05) is 20.2 Å². The van der Waals surface area contributed by atoms with E-state index in [-0.39, 0.29) is 30.8 Å². The first kappa shape index (κ1) is 18.7. The van der Waals surface area contributed by atoms with Crippen LogP contribution in [0.1, 0.15) is 26.2 Å². The second-order valence-electron chi connectivity index (χ2n) is 6.03. The maximum absolute atomic E-state index is 12.9. The molecule has 24 heavy (non-hydrogen) atoms. The van der Waals surface area contributed by atoms with Gasteiger partial charge in [-0.2, -0.15) is 4.31 Å². The Balaban J connectivity index is 2.38. The predicted octanol–water partition coefficient (Wildman–Crippen LogP) is 1.32. The van der Waals surface area contributed by atoms with Gasteiger partial charge in [0.2, 0.25) is 10.0 Å². The third kappa shape index (κ3) is 3.26. The fourth-order valence-electron chi connectivity index (χ4n) is 3.17. The molecule has 0 spiro atoms. The molecule has 2 atom stereocenters. The number of aliphatic carboxylic acids is 1. The quantitative estimate of drug-likeness (QED) is 0.796. The van der Waals surface area contributed by atoms with Crippen LogP contribution >= 0.6 is 0 Å². The molecular formula is C16H23NO6S. The van der Waals surface area contributed by atoms with Gasteiger partial charge in [-0.25, -0.2) is 8.42 Å². The average Bonchev–Trinajstić information content (AvgIpc) is 2.56. The number of aliphatic hydroxyl groups is 1. The molecule has 0 saturated carbocycles. The van der Waals surface area contributed by atoms with E-state index in [1.54, 1.807) is 12.1 Å². The van der Waals surface area contributed by atoms with Crippen LogP contribution < -0.4 is 4.74 Å². The Hall–Kier alpha value is -1.64. The second kappa shape index (κ2) is 7.08. The number of aliphatic hydroxyl groups excluding tert-OH is 1. The van der Waals surface area contributed by atoms with E-state index in [4.69, 9.17) is 4.74 Å². The molecule has 2 N–H and O–H groups in total. The summed E-state index contributed by atoms with van der Waals surface area (Å²) in [6.45, 7) is 1.66. The molecule has 0 radical (unpaired) electrons. The molecule has 1 aliphatic rings. The van der Waals surface area contributed by atoms with Crippen molar-refractivity contribution in [3.63, 3.8) is 0 Å². The fourth-order valence-corrected chi connectivity index (χ4v) is 4.73. The van der Waals surface area contributed by atoms with Crippen LogP contribution in [0, 0.1) is 5.41 Å². The molecule has 134 valence electrons. The van der Waals surface area contributed by atoms with Gasteiger partial charge in [0.15, 0.2) is 0 Å². The van der Waals surface area contributed by atoms with Gasteiger partial charge in [-0.3, -0.25) is 4.79 Å². The van der Waals surface area contributed by atoms with Crippen LogP contribution in [0.15, 0.2) is 29.2 Å². The lowest BCUT2D eigenvalue weighted by molar-refractivity contribution is -0.161. The van der Waals surface area contributed by atoms with E-state index >= 15 is 0 Å². The first-order valence-corrected chi connectivity index (χ1v) is 9.27. The van der Waals surface area contributed by atoms with Crippen LogP contribution in [0.25, 0.3) is 0 Å². The molecule has 1 fully saturated rings. The Kier molecular flexibility index (Phi) is 5.52. The lowest BCUT2D eigenvalue weighted by Gasteiger charge is -2.42. The van der Waals surface area contributed by atoms with Gasteiger partial charge in [-0.1, -0.05) is 19.4 Å². The van der Waals surface area contributed by atoms with Gasteiger partial charge < -0.3 is 14.9 Å². The minimum absolute atomic E-state index is 0.0500. The minimum atomic E-state index is -3.86. The summed E-state index contributed by atoms with van der Waals surface area (Å²) in [7, 11) is -2.42. The van der Waals surface area contributed by atoms with Crippen LogP contribution in [0.4, 0.5) is 0 Å². The lowest BCUT2D eigenvalue weighted by Crippen LogP contribution is -2.57. The van der Waals surface area contributed by atoms with Gasteiger partial charge >= 0.3 is 5.97 Å². The van der Waals surface area contributed by atoms with Gasteiger partial charge in [0.1, 0.15) is 11.2 Å². The van der Waals surface area contributed by atoms with E-state index in [0.29, 0.717) is 12.2 Å². The van der Waals surface area contributed by atoms with E-state index in [1.165, 1.54) is 19.2 Å². The number of methoxy groups -OCH3 is 1. The number of carbonyl (C=O) groups is 1. The van der Waals surface area contributed by atoms with E-state index < -0.39 is 27.5 Å². The van der Waals surface area contributed by atoms with Crippen molar-refractivity contribution in [2.45, 2.75) is 37.2 Å². The Morgan fingerprint density at radius 3 is 2.75 bits per heavy atom. The first-order chi connectivity index (χ1) is 11.3. The van der Waals surface area contributed by atoms with Crippen molar-refractivity contribution in [3.8, 4) is 5.75 Å². The highest BCUT2D eigenvalue weighted by atomic mass is 32.2. The maximum Gasteiger partial charge on any atom is 0.313 e. The molecule has 0 aromatic heterocycles. The van der Waals surface area contributed by atoms with Gasteiger partial charge in [-0.15, -0.1) is 0 Å². The molecule has 0 amide bonds. The lowest BCUT2D eigenvalue weighted by atomic mass is 9.74. The normalized spacial score (nSPS) is 25.4. The number of rotatable bonds is 6. The molecular weight excluding hydrogens is 334 g/mol. The average molecular weight is 357 g/mol. The molecule has 1 aliphatic heterocycles. The number of benzene rings is 1. The van der Waals surface area contributed by atoms with Gasteiger partial charge in [-0.05, 0) is 25.0 Å². The van der Waals surface area contributed by atoms with Crippen molar-refractivity contribution >= 4 is 16.0 Å². The summed E-state index contributed by atoms with van der Waals surface area (Å²) in [6, 6.07) is 6.06. The summed E-state index contributed by atoms with van der Waals surface area (Å²) in [4.78, 5) is 11.8. The SMILES string of the molecule is CCC[C@]1(C(=O)O)CN(S(=O)(=O)c2cccc(OC)c2)CC[C@H]1O. The zero-order chi connectivity index (χ0) is 18.0. The predicted molar refractivity (Wildman–Crippen MR) is 87.4 cm³/mol. The molecule has 1 aromatic rings. The summed E-state index contributed by atoms with van der Waals surface area (Å²) in [5.41, 5.74) is -1.47. The van der Waals surface area contributed by atoms with E-state index in [1.807, 2.05) is 6.92 Å². The Labute approximate surface area is 141 Å². The van der Waals surface area contributed by atoms with Crippen LogP contribution in [-0.4, -0.2) is 55.2 Å². The molecule has 2 rings (SSSR count). The maximum atomic E-state index is 12.9. The molecule has 8 heteroatoms. The van der Waals surface area contributed by atoms with Crippen molar-refractivity contribution in [2.24, 2.45) is 5.41 Å². The zero-order valence-electron chi connectivity index (χ0n) is 13.8. The molecule has 7 nitrogen and oxygen atoms in total. The molecule has 0 unspecified atom stereocenters. The van der Waals surface area contributed by atoms with Gasteiger partial charge in [0.25, 0.3) is 0 Å². The highest BCUT2D eigenvalue weighted by molar-refractivity contribution is 7.89. The van der Waals surface area contributed by atoms with Crippen molar-refractivity contribution < 1.29 is 28.2 Å². The highest BCUT2D eigenvalue weighted by Crippen LogP contribution is 2.37. The van der Waals surface area contributed by atoms with E-state index in [9.17, 15) is 23.4 Å². The monoisotopic (exact) mass is 357 g/mol. The number of nitrogens with zero attached hydrogens (tertiary/aromatic N) is 1. The van der Waals surface area contributed by atoms with Crippen molar-refractivity contribution in [1.82, 2.24) is 4.31 Å². The van der Waals surface area contributed by atoms with Crippen LogP contribution in [0.5, 0.6) is 5.75 Å². The fraction of sp³-hybridized carbons (Fsp3) is 0.562. The molecule has 0 aliphatic carbocycles. The Morgan fingerprint density at radius 2 is 2.17 bits per heavy atom. The number of hydrogen-bond acceptors (Lipinski definition) is 5. The first-order valence-electron chi connectivity index (χ1n) is 7.83. The largest absolute Gasteiger partial charge is 0.497 e. The van der Waals surface area contributed by atoms with Gasteiger partial charge in [0, 0.05) is 19.2 Å². The summed E-state index contributed by atoms with van der Waals surface area (Å²) < 4.78 is 32.0. The highest BCUT2D eigenvalue weighted by Gasteiger charge is 2.50. The third-order valence-corrected chi connectivity index (χ3v) is 6.39. The summed E-state index contributed by atoms with van der Waals surface area (Å²) in [6.07, 6.45) is -0.216. The summed E-state index contributed by atoms with van der Waals surface area (Å²) >= 11 is 0. The molecule has 1 aromatic carbocycles. The van der Waals surface area contributed by atoms with Crippen LogP contribution in [-0.2, 0) is 14.8 Å². The Morgan fingerprint density at radius 1 is 1.46 bits per heavy atom. The Bertz CT molecular complexity index is 704. The summed E-state index contributed by atoms with van der Waals surface area (Å²) in [5.74, 6) is -0.756. The molecule has 0 bridgehead atoms. The van der Waals surface area contributed by atoms with E-state index in [2.05, 4.69) is 0 Å². The molecule has 1 heterocycles. The smallest absolute Gasteiger partial charge is 0.313 e.